The van der Waals surface area contributed by atoms with E-state index in [9.17, 15) is 22.8 Å². The number of alkyl halides is 3. The van der Waals surface area contributed by atoms with Crippen molar-refractivity contribution in [3.8, 4) is 11.4 Å². The lowest BCUT2D eigenvalue weighted by atomic mass is 9.84. The van der Waals surface area contributed by atoms with Crippen LogP contribution in [-0.4, -0.2) is 40.1 Å². The van der Waals surface area contributed by atoms with E-state index in [0.717, 1.165) is 44.1 Å². The average Bonchev–Trinajstić information content (AvgIpc) is 3.15. The third-order valence-corrected chi connectivity index (χ3v) is 6.06. The van der Waals surface area contributed by atoms with Crippen LogP contribution in [0.4, 0.5) is 13.2 Å². The van der Waals surface area contributed by atoms with E-state index in [1.54, 1.807) is 29.2 Å². The lowest BCUT2D eigenvalue weighted by Gasteiger charge is -2.32. The van der Waals surface area contributed by atoms with Crippen molar-refractivity contribution in [1.82, 2.24) is 15.0 Å². The smallest absolute Gasteiger partial charge is 0.464 e. The molecule has 0 radical (unpaired) electrons. The Morgan fingerprint density at radius 1 is 1.06 bits per heavy atom. The highest BCUT2D eigenvalue weighted by Crippen LogP contribution is 2.31. The zero-order valence-corrected chi connectivity index (χ0v) is 17.4. The van der Waals surface area contributed by atoms with Crippen LogP contribution in [0.25, 0.3) is 11.4 Å². The van der Waals surface area contributed by atoms with Gasteiger partial charge in [0.15, 0.2) is 0 Å². The van der Waals surface area contributed by atoms with Gasteiger partial charge in [-0.05, 0) is 31.2 Å². The molecule has 0 unspecified atom stereocenters. The Morgan fingerprint density at radius 3 is 2.25 bits per heavy atom. The summed E-state index contributed by atoms with van der Waals surface area (Å²) in [6.07, 6.45) is 0.811. The van der Waals surface area contributed by atoms with E-state index < -0.39 is 12.1 Å². The van der Waals surface area contributed by atoms with Gasteiger partial charge in [0, 0.05) is 18.0 Å². The van der Waals surface area contributed by atoms with Gasteiger partial charge in [0.05, 0.1) is 12.5 Å². The minimum Gasteiger partial charge on any atom is -0.464 e. The molecular formula is C22H24F3N3O4. The number of nitrogens with zero attached hydrogens (tertiary/aromatic N) is 3. The van der Waals surface area contributed by atoms with Gasteiger partial charge in [-0.3, -0.25) is 9.59 Å². The van der Waals surface area contributed by atoms with Gasteiger partial charge in [0.1, 0.15) is 6.61 Å². The Labute approximate surface area is 182 Å². The van der Waals surface area contributed by atoms with Gasteiger partial charge in [0.2, 0.25) is 11.7 Å². The lowest BCUT2D eigenvalue weighted by molar-refractivity contribution is -0.159. The van der Waals surface area contributed by atoms with Crippen LogP contribution in [0, 0.1) is 11.8 Å². The fraction of sp³-hybridized carbons (Fsp3) is 0.545. The standard InChI is InChI=1S/C22H24F3N3O4/c23-22(24,25)21-26-18(27-32-21)15-9-7-14(8-10-15)13-28(19(29)16-3-1-4-16)11-12-31-20(30)17-5-2-6-17/h7-10,16-17H,1-6,11-13H2. The predicted octanol–water partition coefficient (Wildman–Crippen LogP) is 4.23. The number of benzene rings is 1. The Balaban J connectivity index is 1.38. The third-order valence-electron chi connectivity index (χ3n) is 6.06. The number of amides is 1. The van der Waals surface area contributed by atoms with Crippen molar-refractivity contribution in [2.24, 2.45) is 11.8 Å². The summed E-state index contributed by atoms with van der Waals surface area (Å²) in [6.45, 7) is 0.765. The monoisotopic (exact) mass is 451 g/mol. The van der Waals surface area contributed by atoms with Crippen LogP contribution in [0.3, 0.4) is 0 Å². The van der Waals surface area contributed by atoms with Crippen molar-refractivity contribution < 1.29 is 32.0 Å². The molecule has 0 atom stereocenters. The van der Waals surface area contributed by atoms with Crippen LogP contribution in [0.1, 0.15) is 50.0 Å². The van der Waals surface area contributed by atoms with E-state index >= 15 is 0 Å². The summed E-state index contributed by atoms with van der Waals surface area (Å²) in [4.78, 5) is 29.9. The number of ether oxygens (including phenoxy) is 1. The first-order valence-corrected chi connectivity index (χ1v) is 10.8. The van der Waals surface area contributed by atoms with Gasteiger partial charge in [-0.25, -0.2) is 0 Å². The van der Waals surface area contributed by atoms with Crippen molar-refractivity contribution in [3.05, 3.63) is 35.7 Å². The van der Waals surface area contributed by atoms with Gasteiger partial charge in [-0.1, -0.05) is 42.3 Å². The molecule has 7 nitrogen and oxygen atoms in total. The number of carbonyl (C=O) groups excluding carboxylic acids is 2. The van der Waals surface area contributed by atoms with Gasteiger partial charge in [-0.2, -0.15) is 18.2 Å². The highest BCUT2D eigenvalue weighted by molar-refractivity contribution is 5.79. The molecule has 1 aromatic heterocycles. The molecule has 0 spiro atoms. The molecule has 0 aliphatic heterocycles. The maximum atomic E-state index is 12.8. The molecule has 2 aliphatic rings. The zero-order chi connectivity index (χ0) is 22.7. The molecule has 0 N–H and O–H groups in total. The largest absolute Gasteiger partial charge is 0.471 e. The number of esters is 1. The molecule has 2 aromatic rings. The molecule has 10 heteroatoms. The molecule has 172 valence electrons. The first-order chi connectivity index (χ1) is 15.3. The Kier molecular flexibility index (Phi) is 6.48. The van der Waals surface area contributed by atoms with Crippen LogP contribution >= 0.6 is 0 Å². The molecule has 1 amide bonds. The summed E-state index contributed by atoms with van der Waals surface area (Å²) in [5.41, 5.74) is 1.17. The van der Waals surface area contributed by atoms with Crippen LogP contribution < -0.4 is 0 Å². The van der Waals surface area contributed by atoms with Crippen molar-refractivity contribution in [2.45, 2.75) is 51.2 Å². The molecule has 4 rings (SSSR count). The average molecular weight is 451 g/mol. The van der Waals surface area contributed by atoms with E-state index in [2.05, 4.69) is 14.7 Å². The third kappa shape index (κ3) is 5.11. The summed E-state index contributed by atoms with van der Waals surface area (Å²) in [5, 5.41) is 3.38. The van der Waals surface area contributed by atoms with E-state index in [4.69, 9.17) is 4.74 Å². The topological polar surface area (TPSA) is 85.5 Å². The molecule has 1 heterocycles. The zero-order valence-electron chi connectivity index (χ0n) is 17.4. The van der Waals surface area contributed by atoms with Crippen molar-refractivity contribution in [2.75, 3.05) is 13.2 Å². The van der Waals surface area contributed by atoms with E-state index in [-0.39, 0.29) is 36.1 Å². The fourth-order valence-electron chi connectivity index (χ4n) is 3.63. The number of halogens is 3. The fourth-order valence-corrected chi connectivity index (χ4v) is 3.63. The van der Waals surface area contributed by atoms with Gasteiger partial charge < -0.3 is 14.2 Å². The predicted molar refractivity (Wildman–Crippen MR) is 106 cm³/mol. The number of aromatic nitrogens is 2. The maximum Gasteiger partial charge on any atom is 0.471 e. The maximum absolute atomic E-state index is 12.8. The second-order valence-corrected chi connectivity index (χ2v) is 8.30. The highest BCUT2D eigenvalue weighted by Gasteiger charge is 2.38. The van der Waals surface area contributed by atoms with Crippen LogP contribution in [-0.2, 0) is 27.0 Å². The molecule has 0 saturated heterocycles. The molecule has 2 aliphatic carbocycles. The quantitative estimate of drug-likeness (QED) is 0.559. The number of rotatable bonds is 8. The summed E-state index contributed by atoms with van der Waals surface area (Å²) in [6, 6.07) is 6.59. The van der Waals surface area contributed by atoms with Gasteiger partial charge in [-0.15, -0.1) is 0 Å². The summed E-state index contributed by atoms with van der Waals surface area (Å²) >= 11 is 0. The van der Waals surface area contributed by atoms with Crippen LogP contribution in [0.15, 0.2) is 28.8 Å². The molecule has 1 aromatic carbocycles. The number of carbonyl (C=O) groups is 2. The van der Waals surface area contributed by atoms with Crippen molar-refractivity contribution in [3.63, 3.8) is 0 Å². The van der Waals surface area contributed by atoms with Crippen molar-refractivity contribution in [1.29, 1.82) is 0 Å². The van der Waals surface area contributed by atoms with Crippen molar-refractivity contribution >= 4 is 11.9 Å². The Hall–Kier alpha value is -2.91. The minimum atomic E-state index is -4.70. The minimum absolute atomic E-state index is 0.00303. The molecule has 32 heavy (non-hydrogen) atoms. The SMILES string of the molecule is O=C(OCCN(Cc1ccc(-c2noc(C(F)(F)F)n2)cc1)C(=O)C1CCC1)C1CCC1. The van der Waals surface area contributed by atoms with E-state index in [1.165, 1.54) is 0 Å². The second-order valence-electron chi connectivity index (χ2n) is 8.30. The normalized spacial score (nSPS) is 16.8. The van der Waals surface area contributed by atoms with Gasteiger partial charge in [0.25, 0.3) is 0 Å². The number of hydrogen-bond acceptors (Lipinski definition) is 6. The van der Waals surface area contributed by atoms with E-state index in [0.29, 0.717) is 18.7 Å². The molecule has 0 bridgehead atoms. The first kappa shape index (κ1) is 22.3. The Bertz CT molecular complexity index is 950. The van der Waals surface area contributed by atoms with E-state index in [1.807, 2.05) is 0 Å². The summed E-state index contributed by atoms with van der Waals surface area (Å²) in [5.74, 6) is -1.74. The summed E-state index contributed by atoms with van der Waals surface area (Å²) < 4.78 is 47.6. The molecule has 2 saturated carbocycles. The van der Waals surface area contributed by atoms with Crippen LogP contribution in [0.5, 0.6) is 0 Å². The highest BCUT2D eigenvalue weighted by atomic mass is 19.4. The van der Waals surface area contributed by atoms with Crippen LogP contribution in [0.2, 0.25) is 0 Å². The lowest BCUT2D eigenvalue weighted by Crippen LogP contribution is -2.40. The summed E-state index contributed by atoms with van der Waals surface area (Å²) in [7, 11) is 0. The van der Waals surface area contributed by atoms with Gasteiger partial charge >= 0.3 is 18.0 Å². The molecular weight excluding hydrogens is 427 g/mol. The molecule has 2 fully saturated rings. The first-order valence-electron chi connectivity index (χ1n) is 10.8. The second kappa shape index (κ2) is 9.30. The number of hydrogen-bond donors (Lipinski definition) is 0. The Morgan fingerprint density at radius 2 is 1.72 bits per heavy atom.